The highest BCUT2D eigenvalue weighted by Gasteiger charge is 2.19. The molecule has 0 unspecified atom stereocenters. The SMILES string of the molecule is Cc1sc(NC(=O)c2ccc(N3CCN(Cc4cccc(Cl)c4)CC3)nc2)nc1-c1ccccc1. The van der Waals surface area contributed by atoms with Gasteiger partial charge in [0.15, 0.2) is 5.13 Å². The third-order valence-corrected chi connectivity index (χ3v) is 7.19. The molecular formula is C27H26ClN5OS. The fourth-order valence-electron chi connectivity index (χ4n) is 4.22. The third-order valence-electron chi connectivity index (χ3n) is 6.07. The lowest BCUT2D eigenvalue weighted by atomic mass is 10.1. The van der Waals surface area contributed by atoms with Crippen LogP contribution in [0, 0.1) is 6.92 Å². The number of nitrogens with one attached hydrogen (secondary N) is 1. The van der Waals surface area contributed by atoms with Crippen LogP contribution in [0.2, 0.25) is 5.02 Å². The Labute approximate surface area is 214 Å². The number of amides is 1. The normalized spacial score (nSPS) is 14.2. The van der Waals surface area contributed by atoms with Gasteiger partial charge in [0.1, 0.15) is 5.82 Å². The molecule has 0 radical (unpaired) electrons. The van der Waals surface area contributed by atoms with E-state index in [0.29, 0.717) is 10.7 Å². The van der Waals surface area contributed by atoms with E-state index in [9.17, 15) is 4.79 Å². The van der Waals surface area contributed by atoms with Crippen molar-refractivity contribution >= 4 is 39.8 Å². The summed E-state index contributed by atoms with van der Waals surface area (Å²) in [5.41, 5.74) is 3.68. The smallest absolute Gasteiger partial charge is 0.259 e. The van der Waals surface area contributed by atoms with E-state index in [1.54, 1.807) is 6.20 Å². The van der Waals surface area contributed by atoms with Crippen LogP contribution in [0.4, 0.5) is 10.9 Å². The average molecular weight is 504 g/mol. The summed E-state index contributed by atoms with van der Waals surface area (Å²) in [6.45, 7) is 6.58. The number of thiazole rings is 1. The Hall–Kier alpha value is -3.26. The van der Waals surface area contributed by atoms with E-state index in [4.69, 9.17) is 11.6 Å². The summed E-state index contributed by atoms with van der Waals surface area (Å²) in [6, 6.07) is 21.8. The van der Waals surface area contributed by atoms with Gasteiger partial charge in [0.25, 0.3) is 5.91 Å². The maximum Gasteiger partial charge on any atom is 0.259 e. The Morgan fingerprint density at radius 2 is 1.83 bits per heavy atom. The maximum atomic E-state index is 12.8. The standard InChI is InChI=1S/C27H26ClN5OS/c1-19-25(21-7-3-2-4-8-21)30-27(35-19)31-26(34)22-10-11-24(29-17-22)33-14-12-32(13-15-33)18-20-6-5-9-23(28)16-20/h2-11,16-17H,12-15,18H2,1H3,(H,30,31,34). The van der Waals surface area contributed by atoms with Gasteiger partial charge in [-0.2, -0.15) is 0 Å². The summed E-state index contributed by atoms with van der Waals surface area (Å²) in [5, 5.41) is 4.28. The predicted octanol–water partition coefficient (Wildman–Crippen LogP) is 5.74. The van der Waals surface area contributed by atoms with Gasteiger partial charge in [-0.1, -0.05) is 54.1 Å². The summed E-state index contributed by atoms with van der Waals surface area (Å²) >= 11 is 7.59. The molecule has 1 N–H and O–H groups in total. The van der Waals surface area contributed by atoms with E-state index in [1.807, 2.05) is 67.6 Å². The minimum atomic E-state index is -0.205. The molecule has 1 amide bonds. The Bertz CT molecular complexity index is 1300. The monoisotopic (exact) mass is 503 g/mol. The number of pyridine rings is 1. The number of hydrogen-bond donors (Lipinski definition) is 1. The summed E-state index contributed by atoms with van der Waals surface area (Å²) in [5.74, 6) is 0.684. The van der Waals surface area contributed by atoms with Gasteiger partial charge < -0.3 is 4.90 Å². The number of carbonyl (C=O) groups is 1. The van der Waals surface area contributed by atoms with Crippen LogP contribution in [0.25, 0.3) is 11.3 Å². The quantitative estimate of drug-likeness (QED) is 0.363. The number of piperazine rings is 1. The molecular weight excluding hydrogens is 478 g/mol. The Morgan fingerprint density at radius 1 is 1.03 bits per heavy atom. The fraction of sp³-hybridized carbons (Fsp3) is 0.222. The number of benzene rings is 2. The second kappa shape index (κ2) is 10.6. The van der Waals surface area contributed by atoms with Gasteiger partial charge in [0.05, 0.1) is 11.3 Å². The van der Waals surface area contributed by atoms with E-state index in [0.717, 1.165) is 59.7 Å². The number of halogens is 1. The van der Waals surface area contributed by atoms with Crippen molar-refractivity contribution in [1.82, 2.24) is 14.9 Å². The van der Waals surface area contributed by atoms with Crippen LogP contribution in [0.1, 0.15) is 20.8 Å². The lowest BCUT2D eigenvalue weighted by Crippen LogP contribution is -2.46. The number of nitrogens with zero attached hydrogens (tertiary/aromatic N) is 4. The Kier molecular flexibility index (Phi) is 7.08. The molecule has 2 aromatic carbocycles. The molecule has 8 heteroatoms. The van der Waals surface area contributed by atoms with E-state index in [2.05, 4.69) is 31.2 Å². The zero-order chi connectivity index (χ0) is 24.2. The largest absolute Gasteiger partial charge is 0.354 e. The van der Waals surface area contributed by atoms with Gasteiger partial charge in [-0.15, -0.1) is 11.3 Å². The van der Waals surface area contributed by atoms with Crippen molar-refractivity contribution in [2.24, 2.45) is 0 Å². The number of hydrogen-bond acceptors (Lipinski definition) is 6. The van der Waals surface area contributed by atoms with Gasteiger partial charge in [0, 0.05) is 54.4 Å². The lowest BCUT2D eigenvalue weighted by Gasteiger charge is -2.35. The molecule has 3 heterocycles. The predicted molar refractivity (Wildman–Crippen MR) is 143 cm³/mol. The molecule has 1 aliphatic heterocycles. The number of carbonyl (C=O) groups excluding carboxylic acids is 1. The number of aromatic nitrogens is 2. The van der Waals surface area contributed by atoms with E-state index in [1.165, 1.54) is 16.9 Å². The molecule has 5 rings (SSSR count). The van der Waals surface area contributed by atoms with Crippen LogP contribution < -0.4 is 10.2 Å². The second-order valence-electron chi connectivity index (χ2n) is 8.54. The molecule has 35 heavy (non-hydrogen) atoms. The minimum absolute atomic E-state index is 0.205. The van der Waals surface area contributed by atoms with Crippen molar-refractivity contribution in [1.29, 1.82) is 0 Å². The molecule has 6 nitrogen and oxygen atoms in total. The van der Waals surface area contributed by atoms with Crippen LogP contribution in [-0.2, 0) is 6.54 Å². The molecule has 1 saturated heterocycles. The van der Waals surface area contributed by atoms with Gasteiger partial charge in [-0.25, -0.2) is 9.97 Å². The van der Waals surface area contributed by atoms with Gasteiger partial charge in [0.2, 0.25) is 0 Å². The minimum Gasteiger partial charge on any atom is -0.354 e. The Morgan fingerprint density at radius 3 is 2.54 bits per heavy atom. The van der Waals surface area contributed by atoms with Crippen LogP contribution in [0.5, 0.6) is 0 Å². The van der Waals surface area contributed by atoms with Gasteiger partial charge in [-0.05, 0) is 36.8 Å². The van der Waals surface area contributed by atoms with E-state index in [-0.39, 0.29) is 5.91 Å². The van der Waals surface area contributed by atoms with Crippen molar-refractivity contribution < 1.29 is 4.79 Å². The lowest BCUT2D eigenvalue weighted by molar-refractivity contribution is 0.102. The molecule has 0 saturated carbocycles. The highest BCUT2D eigenvalue weighted by atomic mass is 35.5. The van der Waals surface area contributed by atoms with Crippen LogP contribution >= 0.6 is 22.9 Å². The molecule has 4 aromatic rings. The first-order chi connectivity index (χ1) is 17.0. The maximum absolute atomic E-state index is 12.8. The van der Waals surface area contributed by atoms with Crippen molar-refractivity contribution in [3.05, 3.63) is 94.0 Å². The summed E-state index contributed by atoms with van der Waals surface area (Å²) in [6.07, 6.45) is 1.64. The van der Waals surface area contributed by atoms with E-state index >= 15 is 0 Å². The first-order valence-corrected chi connectivity index (χ1v) is 12.8. The first-order valence-electron chi connectivity index (χ1n) is 11.6. The Balaban J connectivity index is 1.17. The van der Waals surface area contributed by atoms with E-state index < -0.39 is 0 Å². The summed E-state index contributed by atoms with van der Waals surface area (Å²) in [4.78, 5) is 27.7. The highest BCUT2D eigenvalue weighted by Crippen LogP contribution is 2.30. The molecule has 0 spiro atoms. The van der Waals surface area contributed by atoms with Crippen molar-refractivity contribution in [3.63, 3.8) is 0 Å². The van der Waals surface area contributed by atoms with Crippen LogP contribution in [0.3, 0.4) is 0 Å². The molecule has 0 atom stereocenters. The first kappa shape index (κ1) is 23.5. The van der Waals surface area contributed by atoms with Crippen LogP contribution in [-0.4, -0.2) is 47.0 Å². The molecule has 0 bridgehead atoms. The van der Waals surface area contributed by atoms with Gasteiger partial charge in [-0.3, -0.25) is 15.0 Å². The zero-order valence-electron chi connectivity index (χ0n) is 19.4. The van der Waals surface area contributed by atoms with Gasteiger partial charge >= 0.3 is 0 Å². The summed E-state index contributed by atoms with van der Waals surface area (Å²) < 4.78 is 0. The zero-order valence-corrected chi connectivity index (χ0v) is 21.0. The topological polar surface area (TPSA) is 61.4 Å². The average Bonchev–Trinajstić information content (AvgIpc) is 3.25. The molecule has 2 aromatic heterocycles. The van der Waals surface area contributed by atoms with Crippen molar-refractivity contribution in [3.8, 4) is 11.3 Å². The summed E-state index contributed by atoms with van der Waals surface area (Å²) in [7, 11) is 0. The second-order valence-corrected chi connectivity index (χ2v) is 10.2. The molecule has 178 valence electrons. The molecule has 1 aliphatic rings. The number of rotatable bonds is 6. The van der Waals surface area contributed by atoms with Crippen molar-refractivity contribution in [2.75, 3.05) is 36.4 Å². The molecule has 1 fully saturated rings. The highest BCUT2D eigenvalue weighted by molar-refractivity contribution is 7.16. The van der Waals surface area contributed by atoms with Crippen LogP contribution in [0.15, 0.2) is 72.9 Å². The third kappa shape index (κ3) is 5.70. The van der Waals surface area contributed by atoms with Crippen molar-refractivity contribution in [2.45, 2.75) is 13.5 Å². The number of anilines is 2. The molecule has 0 aliphatic carbocycles. The number of aryl methyl sites for hydroxylation is 1. The fourth-order valence-corrected chi connectivity index (χ4v) is 5.26.